The van der Waals surface area contributed by atoms with Crippen LogP contribution in [0.5, 0.6) is 0 Å². The predicted octanol–water partition coefficient (Wildman–Crippen LogP) is 3.17. The van der Waals surface area contributed by atoms with E-state index in [9.17, 15) is 9.59 Å². The van der Waals surface area contributed by atoms with Gasteiger partial charge in [-0.15, -0.1) is 0 Å². The predicted molar refractivity (Wildman–Crippen MR) is 80.7 cm³/mol. The number of nitrogens with one attached hydrogen (secondary N) is 1. The van der Waals surface area contributed by atoms with Crippen molar-refractivity contribution < 1.29 is 14.7 Å². The van der Waals surface area contributed by atoms with E-state index in [-0.39, 0.29) is 18.6 Å². The van der Waals surface area contributed by atoms with Crippen molar-refractivity contribution >= 4 is 35.2 Å². The van der Waals surface area contributed by atoms with Crippen molar-refractivity contribution in [1.29, 1.82) is 0 Å². The van der Waals surface area contributed by atoms with Gasteiger partial charge in [-0.3, -0.25) is 4.79 Å². The molecule has 114 valence electrons. The maximum atomic E-state index is 12.1. The van der Waals surface area contributed by atoms with Crippen LogP contribution in [0.1, 0.15) is 24.9 Å². The molecular weight excluding hydrogens is 315 g/mol. The third-order valence-electron chi connectivity index (χ3n) is 3.59. The van der Waals surface area contributed by atoms with E-state index in [1.807, 2.05) is 0 Å². The topological polar surface area (TPSA) is 69.6 Å². The minimum absolute atomic E-state index is 0.233. The summed E-state index contributed by atoms with van der Waals surface area (Å²) in [4.78, 5) is 24.6. The summed E-state index contributed by atoms with van der Waals surface area (Å²) in [5, 5.41) is 12.8. The van der Waals surface area contributed by atoms with Gasteiger partial charge in [0.05, 0.1) is 12.0 Å². The summed E-state index contributed by atoms with van der Waals surface area (Å²) in [5.41, 5.74) is 0.728. The first-order chi connectivity index (χ1) is 9.88. The van der Waals surface area contributed by atoms with Gasteiger partial charge in [0.15, 0.2) is 0 Å². The number of carboxylic acid groups (broad SMARTS) is 1. The van der Waals surface area contributed by atoms with Crippen LogP contribution in [0.2, 0.25) is 10.0 Å². The van der Waals surface area contributed by atoms with Gasteiger partial charge >= 0.3 is 12.0 Å². The molecule has 2 atom stereocenters. The molecular formula is C14H16Cl2N2O3. The summed E-state index contributed by atoms with van der Waals surface area (Å²) in [6.07, 6.45) is 0.481. The Hall–Kier alpha value is -1.46. The Bertz CT molecular complexity index is 565. The average molecular weight is 331 g/mol. The lowest BCUT2D eigenvalue weighted by atomic mass is 10.1. The van der Waals surface area contributed by atoms with Crippen LogP contribution in [0.25, 0.3) is 0 Å². The Morgan fingerprint density at radius 3 is 2.76 bits per heavy atom. The normalized spacial score (nSPS) is 19.4. The molecule has 0 radical (unpaired) electrons. The Morgan fingerprint density at radius 2 is 2.14 bits per heavy atom. The number of nitrogens with zero attached hydrogens (tertiary/aromatic N) is 1. The van der Waals surface area contributed by atoms with Gasteiger partial charge < -0.3 is 15.3 Å². The lowest BCUT2D eigenvalue weighted by Gasteiger charge is -2.21. The Labute approximate surface area is 132 Å². The van der Waals surface area contributed by atoms with Crippen LogP contribution >= 0.6 is 23.2 Å². The Balaban J connectivity index is 1.99. The molecule has 1 aromatic carbocycles. The van der Waals surface area contributed by atoms with Crippen LogP contribution in [-0.2, 0) is 4.79 Å². The van der Waals surface area contributed by atoms with Crippen LogP contribution in [0, 0.1) is 5.92 Å². The van der Waals surface area contributed by atoms with Gasteiger partial charge in [-0.05, 0) is 37.1 Å². The number of carbonyl (C=O) groups is 2. The fourth-order valence-corrected chi connectivity index (χ4v) is 2.81. The van der Waals surface area contributed by atoms with Crippen LogP contribution in [0.3, 0.4) is 0 Å². The molecule has 1 heterocycles. The van der Waals surface area contributed by atoms with Gasteiger partial charge in [-0.1, -0.05) is 23.2 Å². The second-order valence-corrected chi connectivity index (χ2v) is 5.95. The molecule has 2 rings (SSSR count). The minimum Gasteiger partial charge on any atom is -0.481 e. The molecule has 1 aliphatic heterocycles. The SMILES string of the molecule is CC(NC(=O)N1CCC(C(=O)O)C1)c1cc(Cl)ccc1Cl. The summed E-state index contributed by atoms with van der Waals surface area (Å²) >= 11 is 12.0. The van der Waals surface area contributed by atoms with Gasteiger partial charge in [0.25, 0.3) is 0 Å². The van der Waals surface area contributed by atoms with Crippen molar-refractivity contribution in [3.63, 3.8) is 0 Å². The molecule has 1 aliphatic rings. The number of carbonyl (C=O) groups excluding carboxylic acids is 1. The van der Waals surface area contributed by atoms with Crippen molar-refractivity contribution in [1.82, 2.24) is 10.2 Å². The van der Waals surface area contributed by atoms with E-state index < -0.39 is 11.9 Å². The van der Waals surface area contributed by atoms with E-state index in [2.05, 4.69) is 5.32 Å². The number of halogens is 2. The largest absolute Gasteiger partial charge is 0.481 e. The van der Waals surface area contributed by atoms with E-state index in [0.29, 0.717) is 23.0 Å². The molecule has 2 N–H and O–H groups in total. The zero-order valence-electron chi connectivity index (χ0n) is 11.5. The van der Waals surface area contributed by atoms with Gasteiger partial charge in [-0.2, -0.15) is 0 Å². The van der Waals surface area contributed by atoms with Crippen LogP contribution in [0.15, 0.2) is 18.2 Å². The van der Waals surface area contributed by atoms with Crippen LogP contribution < -0.4 is 5.32 Å². The van der Waals surface area contributed by atoms with E-state index in [1.165, 1.54) is 4.90 Å². The summed E-state index contributed by atoms with van der Waals surface area (Å²) in [6.45, 7) is 2.48. The van der Waals surface area contributed by atoms with Gasteiger partial charge in [0.2, 0.25) is 0 Å². The quantitative estimate of drug-likeness (QED) is 0.894. The molecule has 0 aromatic heterocycles. The smallest absolute Gasteiger partial charge is 0.317 e. The van der Waals surface area contributed by atoms with Crippen molar-refractivity contribution in [3.05, 3.63) is 33.8 Å². The summed E-state index contributed by atoms with van der Waals surface area (Å²) in [5.74, 6) is -1.35. The zero-order chi connectivity index (χ0) is 15.6. The molecule has 1 aromatic rings. The highest BCUT2D eigenvalue weighted by Gasteiger charge is 2.31. The molecule has 0 aliphatic carbocycles. The number of hydrogen-bond donors (Lipinski definition) is 2. The first-order valence-electron chi connectivity index (χ1n) is 6.61. The zero-order valence-corrected chi connectivity index (χ0v) is 13.0. The van der Waals surface area contributed by atoms with Crippen LogP contribution in [0.4, 0.5) is 4.79 Å². The number of amides is 2. The van der Waals surface area contributed by atoms with Crippen molar-refractivity contribution in [2.45, 2.75) is 19.4 Å². The second-order valence-electron chi connectivity index (χ2n) is 5.11. The summed E-state index contributed by atoms with van der Waals surface area (Å²) < 4.78 is 0. The first-order valence-corrected chi connectivity index (χ1v) is 7.37. The number of hydrogen-bond acceptors (Lipinski definition) is 2. The number of rotatable bonds is 3. The van der Waals surface area contributed by atoms with E-state index >= 15 is 0 Å². The van der Waals surface area contributed by atoms with E-state index in [4.69, 9.17) is 28.3 Å². The number of urea groups is 1. The fourth-order valence-electron chi connectivity index (χ4n) is 2.35. The van der Waals surface area contributed by atoms with Crippen molar-refractivity contribution in [2.75, 3.05) is 13.1 Å². The number of aliphatic carboxylic acids is 1. The van der Waals surface area contributed by atoms with Crippen LogP contribution in [-0.4, -0.2) is 35.1 Å². The molecule has 21 heavy (non-hydrogen) atoms. The molecule has 0 saturated carbocycles. The maximum absolute atomic E-state index is 12.1. The highest BCUT2D eigenvalue weighted by atomic mass is 35.5. The highest BCUT2D eigenvalue weighted by Crippen LogP contribution is 2.26. The third-order valence-corrected chi connectivity index (χ3v) is 4.17. The molecule has 5 nitrogen and oxygen atoms in total. The Kier molecular flexibility index (Phi) is 4.96. The standard InChI is InChI=1S/C14H16Cl2N2O3/c1-8(11-6-10(15)2-3-12(11)16)17-14(21)18-5-4-9(7-18)13(19)20/h2-3,6,8-9H,4-5,7H2,1H3,(H,17,21)(H,19,20). The monoisotopic (exact) mass is 330 g/mol. The van der Waals surface area contributed by atoms with Gasteiger partial charge in [0.1, 0.15) is 0 Å². The molecule has 0 bridgehead atoms. The van der Waals surface area contributed by atoms with Gasteiger partial charge in [-0.25, -0.2) is 4.79 Å². The molecule has 7 heteroatoms. The Morgan fingerprint density at radius 1 is 1.43 bits per heavy atom. The fraction of sp³-hybridized carbons (Fsp3) is 0.429. The lowest BCUT2D eigenvalue weighted by Crippen LogP contribution is -2.40. The summed E-state index contributed by atoms with van der Waals surface area (Å²) in [6, 6.07) is 4.46. The van der Waals surface area contributed by atoms with Crippen molar-refractivity contribution in [2.24, 2.45) is 5.92 Å². The minimum atomic E-state index is -0.865. The molecule has 1 saturated heterocycles. The summed E-state index contributed by atoms with van der Waals surface area (Å²) in [7, 11) is 0. The highest BCUT2D eigenvalue weighted by molar-refractivity contribution is 6.33. The number of benzene rings is 1. The van der Waals surface area contributed by atoms with E-state index in [1.54, 1.807) is 25.1 Å². The lowest BCUT2D eigenvalue weighted by molar-refractivity contribution is -0.141. The third kappa shape index (κ3) is 3.80. The molecule has 2 amide bonds. The maximum Gasteiger partial charge on any atom is 0.317 e. The average Bonchev–Trinajstić information content (AvgIpc) is 2.91. The number of carboxylic acids is 1. The second kappa shape index (κ2) is 6.54. The number of likely N-dealkylation sites (tertiary alicyclic amines) is 1. The molecule has 1 fully saturated rings. The van der Waals surface area contributed by atoms with Gasteiger partial charge in [0, 0.05) is 23.1 Å². The first kappa shape index (κ1) is 15.9. The molecule has 2 unspecified atom stereocenters. The molecule has 0 spiro atoms. The van der Waals surface area contributed by atoms with Crippen molar-refractivity contribution in [3.8, 4) is 0 Å². The van der Waals surface area contributed by atoms with E-state index in [0.717, 1.165) is 5.56 Å².